The molecule has 3 aromatic rings. The SMILES string of the molecule is CC(=NNC(=O)c1ccc(C(=O)NN=C(C)c2ccc3c(c2)OCO3)cc1)c1ccc2c(c1)OCO2. The Balaban J connectivity index is 1.18. The molecule has 0 atom stereocenters. The zero-order valence-corrected chi connectivity index (χ0v) is 19.5. The second-order valence-electron chi connectivity index (χ2n) is 7.99. The molecule has 0 saturated carbocycles. The van der Waals surface area contributed by atoms with E-state index in [1.54, 1.807) is 62.4 Å². The molecule has 36 heavy (non-hydrogen) atoms. The van der Waals surface area contributed by atoms with Gasteiger partial charge >= 0.3 is 0 Å². The topological polar surface area (TPSA) is 120 Å². The van der Waals surface area contributed by atoms with E-state index in [-0.39, 0.29) is 13.6 Å². The van der Waals surface area contributed by atoms with Gasteiger partial charge in [-0.05, 0) is 74.5 Å². The summed E-state index contributed by atoms with van der Waals surface area (Å²) in [6.45, 7) is 3.92. The number of rotatable bonds is 6. The van der Waals surface area contributed by atoms with Gasteiger partial charge in [-0.1, -0.05) is 0 Å². The molecule has 0 radical (unpaired) electrons. The number of fused-ring (bicyclic) bond motifs is 2. The van der Waals surface area contributed by atoms with Gasteiger partial charge in [0.2, 0.25) is 13.6 Å². The normalized spacial score (nSPS) is 13.9. The predicted molar refractivity (Wildman–Crippen MR) is 131 cm³/mol. The maximum atomic E-state index is 12.5. The number of carbonyl (C=O) groups is 2. The van der Waals surface area contributed by atoms with E-state index in [2.05, 4.69) is 21.1 Å². The number of hydrogen-bond donors (Lipinski definition) is 2. The number of carbonyl (C=O) groups excluding carboxylic acids is 2. The van der Waals surface area contributed by atoms with Gasteiger partial charge in [-0.25, -0.2) is 10.9 Å². The summed E-state index contributed by atoms with van der Waals surface area (Å²) in [5.41, 5.74) is 8.56. The molecule has 2 N–H and O–H groups in total. The Bertz CT molecular complexity index is 1290. The van der Waals surface area contributed by atoms with Gasteiger partial charge in [-0.15, -0.1) is 0 Å². The Kier molecular flexibility index (Phi) is 6.23. The highest BCUT2D eigenvalue weighted by atomic mass is 16.7. The van der Waals surface area contributed by atoms with Crippen LogP contribution in [0.4, 0.5) is 0 Å². The van der Waals surface area contributed by atoms with Crippen molar-refractivity contribution in [1.29, 1.82) is 0 Å². The predicted octanol–water partition coefficient (Wildman–Crippen LogP) is 3.45. The highest BCUT2D eigenvalue weighted by Crippen LogP contribution is 2.33. The first-order chi connectivity index (χ1) is 17.5. The van der Waals surface area contributed by atoms with Crippen LogP contribution in [0.15, 0.2) is 70.9 Å². The first-order valence-corrected chi connectivity index (χ1v) is 11.1. The van der Waals surface area contributed by atoms with E-state index in [4.69, 9.17) is 18.9 Å². The van der Waals surface area contributed by atoms with Crippen LogP contribution in [0, 0.1) is 0 Å². The fourth-order valence-electron chi connectivity index (χ4n) is 3.54. The molecule has 10 heteroatoms. The third kappa shape index (κ3) is 4.83. The van der Waals surface area contributed by atoms with Crippen LogP contribution in [0.5, 0.6) is 23.0 Å². The summed E-state index contributed by atoms with van der Waals surface area (Å²) >= 11 is 0. The van der Waals surface area contributed by atoms with E-state index in [1.165, 1.54) is 0 Å². The molecule has 0 saturated heterocycles. The van der Waals surface area contributed by atoms with Crippen molar-refractivity contribution in [3.8, 4) is 23.0 Å². The minimum absolute atomic E-state index is 0.186. The summed E-state index contributed by atoms with van der Waals surface area (Å²) in [7, 11) is 0. The standard InChI is InChI=1S/C26H22N4O6/c1-15(19-7-9-21-23(11-19)35-13-33-21)27-29-25(31)17-3-5-18(6-4-17)26(32)30-28-16(2)20-8-10-22-24(12-20)36-14-34-22/h3-12H,13-14H2,1-2H3,(H,29,31)(H,30,32). The van der Waals surface area contributed by atoms with E-state index in [0.717, 1.165) is 11.1 Å². The minimum atomic E-state index is -0.404. The van der Waals surface area contributed by atoms with Crippen LogP contribution in [0.1, 0.15) is 45.7 Å². The van der Waals surface area contributed by atoms with Crippen LogP contribution in [0.3, 0.4) is 0 Å². The molecule has 0 aliphatic carbocycles. The van der Waals surface area contributed by atoms with Crippen LogP contribution in [-0.2, 0) is 0 Å². The quantitative estimate of drug-likeness (QED) is 0.407. The summed E-state index contributed by atoms with van der Waals surface area (Å²) in [4.78, 5) is 25.0. The molecular weight excluding hydrogens is 464 g/mol. The van der Waals surface area contributed by atoms with E-state index in [9.17, 15) is 9.59 Å². The zero-order chi connectivity index (χ0) is 25.1. The van der Waals surface area contributed by atoms with Crippen molar-refractivity contribution in [3.63, 3.8) is 0 Å². The highest BCUT2D eigenvalue weighted by Gasteiger charge is 2.16. The van der Waals surface area contributed by atoms with E-state index >= 15 is 0 Å². The molecule has 3 aromatic carbocycles. The number of nitrogens with one attached hydrogen (secondary N) is 2. The van der Waals surface area contributed by atoms with Gasteiger partial charge in [0.1, 0.15) is 0 Å². The maximum Gasteiger partial charge on any atom is 0.271 e. The van der Waals surface area contributed by atoms with Gasteiger partial charge in [-0.2, -0.15) is 10.2 Å². The van der Waals surface area contributed by atoms with E-state index in [1.807, 2.05) is 12.1 Å². The van der Waals surface area contributed by atoms with Crippen molar-refractivity contribution in [1.82, 2.24) is 10.9 Å². The molecule has 2 aliphatic heterocycles. The van der Waals surface area contributed by atoms with Crippen molar-refractivity contribution in [3.05, 3.63) is 82.9 Å². The van der Waals surface area contributed by atoms with E-state index < -0.39 is 11.8 Å². The van der Waals surface area contributed by atoms with Crippen LogP contribution < -0.4 is 29.8 Å². The Hall–Kier alpha value is -4.86. The molecule has 2 heterocycles. The first-order valence-electron chi connectivity index (χ1n) is 11.1. The molecular formula is C26H22N4O6. The fourth-order valence-corrected chi connectivity index (χ4v) is 3.54. The first kappa shape index (κ1) is 22.9. The number of nitrogens with zero attached hydrogens (tertiary/aromatic N) is 2. The van der Waals surface area contributed by atoms with Gasteiger partial charge in [0, 0.05) is 22.3 Å². The zero-order valence-electron chi connectivity index (χ0n) is 19.5. The second kappa shape index (κ2) is 9.79. The summed E-state index contributed by atoms with van der Waals surface area (Å²) in [6, 6.07) is 17.0. The second-order valence-corrected chi connectivity index (χ2v) is 7.99. The maximum absolute atomic E-state index is 12.5. The van der Waals surface area contributed by atoms with Crippen LogP contribution in [0.25, 0.3) is 0 Å². The number of hydrazone groups is 2. The lowest BCUT2D eigenvalue weighted by atomic mass is 10.1. The van der Waals surface area contributed by atoms with Gasteiger partial charge in [-0.3, -0.25) is 9.59 Å². The molecule has 2 aliphatic rings. The van der Waals surface area contributed by atoms with E-state index in [0.29, 0.717) is 45.5 Å². The van der Waals surface area contributed by atoms with Crippen molar-refractivity contribution in [2.75, 3.05) is 13.6 Å². The van der Waals surface area contributed by atoms with Crippen LogP contribution in [-0.4, -0.2) is 36.8 Å². The van der Waals surface area contributed by atoms with Crippen LogP contribution in [0.2, 0.25) is 0 Å². The van der Waals surface area contributed by atoms with Crippen molar-refractivity contribution in [2.24, 2.45) is 10.2 Å². The molecule has 0 spiro atoms. The minimum Gasteiger partial charge on any atom is -0.454 e. The lowest BCUT2D eigenvalue weighted by molar-refractivity contribution is 0.0943. The lowest BCUT2D eigenvalue weighted by Crippen LogP contribution is -2.21. The van der Waals surface area contributed by atoms with Gasteiger partial charge in [0.05, 0.1) is 11.4 Å². The summed E-state index contributed by atoms with van der Waals surface area (Å²) in [5.74, 6) is 1.81. The number of benzene rings is 3. The Labute approximate surface area is 206 Å². The number of ether oxygens (including phenoxy) is 4. The summed E-state index contributed by atoms with van der Waals surface area (Å²) in [6.07, 6.45) is 0. The molecule has 0 aromatic heterocycles. The van der Waals surface area contributed by atoms with Crippen molar-refractivity contribution < 1.29 is 28.5 Å². The van der Waals surface area contributed by atoms with Crippen molar-refractivity contribution in [2.45, 2.75) is 13.8 Å². The third-order valence-corrected chi connectivity index (χ3v) is 5.64. The van der Waals surface area contributed by atoms with Crippen LogP contribution >= 0.6 is 0 Å². The summed E-state index contributed by atoms with van der Waals surface area (Å²) < 4.78 is 21.3. The fraction of sp³-hybridized carbons (Fsp3) is 0.154. The summed E-state index contributed by atoms with van der Waals surface area (Å²) in [5, 5.41) is 8.32. The molecule has 10 nitrogen and oxygen atoms in total. The molecule has 0 fully saturated rings. The Morgan fingerprint density at radius 1 is 0.583 bits per heavy atom. The largest absolute Gasteiger partial charge is 0.454 e. The third-order valence-electron chi connectivity index (χ3n) is 5.64. The molecule has 0 unspecified atom stereocenters. The average Bonchev–Trinajstić information content (AvgIpc) is 3.58. The Morgan fingerprint density at radius 3 is 1.36 bits per heavy atom. The Morgan fingerprint density at radius 2 is 0.944 bits per heavy atom. The van der Waals surface area contributed by atoms with Gasteiger partial charge in [0.15, 0.2) is 23.0 Å². The van der Waals surface area contributed by atoms with Gasteiger partial charge in [0.25, 0.3) is 11.8 Å². The number of hydrogen-bond acceptors (Lipinski definition) is 8. The highest BCUT2D eigenvalue weighted by molar-refractivity contribution is 6.03. The monoisotopic (exact) mass is 486 g/mol. The number of amides is 2. The molecule has 182 valence electrons. The molecule has 5 rings (SSSR count). The molecule has 0 bridgehead atoms. The van der Waals surface area contributed by atoms with Crippen molar-refractivity contribution >= 4 is 23.2 Å². The molecule has 2 amide bonds. The van der Waals surface area contributed by atoms with Gasteiger partial charge < -0.3 is 18.9 Å². The average molecular weight is 486 g/mol. The smallest absolute Gasteiger partial charge is 0.271 e. The lowest BCUT2D eigenvalue weighted by Gasteiger charge is -2.06.